The highest BCUT2D eigenvalue weighted by Crippen LogP contribution is 2.33. The molecule has 1 heterocycles. The first-order valence-electron chi connectivity index (χ1n) is 6.13. The van der Waals surface area contributed by atoms with Crippen molar-refractivity contribution in [2.24, 2.45) is 5.73 Å². The average Bonchev–Trinajstić information content (AvgIpc) is 2.46. The minimum absolute atomic E-state index is 0.660. The lowest BCUT2D eigenvalue weighted by Crippen LogP contribution is -2.30. The van der Waals surface area contributed by atoms with Crippen molar-refractivity contribution in [2.75, 3.05) is 38.8 Å². The fourth-order valence-corrected chi connectivity index (χ4v) is 2.16. The molecule has 1 aliphatic heterocycles. The number of anilines is 1. The van der Waals surface area contributed by atoms with Crippen LogP contribution in [0.1, 0.15) is 6.42 Å². The Labute approximate surface area is 108 Å². The van der Waals surface area contributed by atoms with E-state index < -0.39 is 0 Å². The Kier molecular flexibility index (Phi) is 4.10. The SMILES string of the molecule is COc1ccc(N2CC=C(CN)CC2)c(OC)c1. The summed E-state index contributed by atoms with van der Waals surface area (Å²) in [7, 11) is 3.34. The summed E-state index contributed by atoms with van der Waals surface area (Å²) in [5.41, 5.74) is 8.09. The standard InChI is InChI=1S/C14H20N2O2/c1-17-12-3-4-13(14(9-12)18-2)16-7-5-11(10-15)6-8-16/h3-5,9H,6-8,10,15H2,1-2H3. The smallest absolute Gasteiger partial charge is 0.145 e. The molecule has 0 saturated carbocycles. The molecule has 4 heteroatoms. The Morgan fingerprint density at radius 1 is 1.28 bits per heavy atom. The topological polar surface area (TPSA) is 47.7 Å². The lowest BCUT2D eigenvalue weighted by Gasteiger charge is -2.29. The largest absolute Gasteiger partial charge is 0.497 e. The molecule has 2 rings (SSSR count). The number of benzene rings is 1. The highest BCUT2D eigenvalue weighted by molar-refractivity contribution is 5.62. The van der Waals surface area contributed by atoms with Gasteiger partial charge in [0.15, 0.2) is 0 Å². The molecule has 98 valence electrons. The van der Waals surface area contributed by atoms with Crippen LogP contribution in [0.3, 0.4) is 0 Å². The van der Waals surface area contributed by atoms with Gasteiger partial charge in [0.05, 0.1) is 19.9 Å². The Morgan fingerprint density at radius 3 is 2.67 bits per heavy atom. The Hall–Kier alpha value is -1.68. The fraction of sp³-hybridized carbons (Fsp3) is 0.429. The van der Waals surface area contributed by atoms with E-state index in [4.69, 9.17) is 15.2 Å². The number of nitrogens with zero attached hydrogens (tertiary/aromatic N) is 1. The Balaban J connectivity index is 2.21. The van der Waals surface area contributed by atoms with Crippen LogP contribution in [0.2, 0.25) is 0 Å². The molecule has 0 unspecified atom stereocenters. The predicted octanol–water partition coefficient (Wildman–Crippen LogP) is 1.80. The van der Waals surface area contributed by atoms with Gasteiger partial charge in [-0.3, -0.25) is 0 Å². The molecule has 0 aromatic heterocycles. The second kappa shape index (κ2) is 5.78. The minimum Gasteiger partial charge on any atom is -0.497 e. The van der Waals surface area contributed by atoms with E-state index >= 15 is 0 Å². The van der Waals surface area contributed by atoms with E-state index in [0.29, 0.717) is 6.54 Å². The molecule has 1 aromatic rings. The van der Waals surface area contributed by atoms with Gasteiger partial charge in [0.2, 0.25) is 0 Å². The molecule has 0 aliphatic carbocycles. The number of ether oxygens (including phenoxy) is 2. The van der Waals surface area contributed by atoms with Crippen LogP contribution in [-0.4, -0.2) is 33.9 Å². The van der Waals surface area contributed by atoms with Gasteiger partial charge in [0.25, 0.3) is 0 Å². The highest BCUT2D eigenvalue weighted by atomic mass is 16.5. The zero-order valence-electron chi connectivity index (χ0n) is 11.0. The van der Waals surface area contributed by atoms with Crippen LogP contribution in [0.5, 0.6) is 11.5 Å². The van der Waals surface area contributed by atoms with Crippen LogP contribution >= 0.6 is 0 Å². The number of hydrogen-bond donors (Lipinski definition) is 1. The first-order chi connectivity index (χ1) is 8.78. The van der Waals surface area contributed by atoms with Gasteiger partial charge in [-0.05, 0) is 18.6 Å². The van der Waals surface area contributed by atoms with E-state index in [1.165, 1.54) is 5.57 Å². The molecule has 0 saturated heterocycles. The monoisotopic (exact) mass is 248 g/mol. The Bertz CT molecular complexity index is 443. The molecular formula is C14H20N2O2. The van der Waals surface area contributed by atoms with E-state index in [1.807, 2.05) is 18.2 Å². The van der Waals surface area contributed by atoms with Crippen molar-refractivity contribution < 1.29 is 9.47 Å². The fourth-order valence-electron chi connectivity index (χ4n) is 2.16. The van der Waals surface area contributed by atoms with E-state index in [2.05, 4.69) is 11.0 Å². The third-order valence-corrected chi connectivity index (χ3v) is 3.29. The molecule has 0 atom stereocenters. The normalized spacial score (nSPS) is 15.3. The van der Waals surface area contributed by atoms with Crippen LogP contribution in [0, 0.1) is 0 Å². The Morgan fingerprint density at radius 2 is 2.11 bits per heavy atom. The summed E-state index contributed by atoms with van der Waals surface area (Å²) in [6.07, 6.45) is 3.22. The summed E-state index contributed by atoms with van der Waals surface area (Å²) in [6, 6.07) is 5.91. The van der Waals surface area contributed by atoms with Crippen molar-refractivity contribution in [3.8, 4) is 11.5 Å². The van der Waals surface area contributed by atoms with Crippen LogP contribution in [0.25, 0.3) is 0 Å². The molecule has 1 aliphatic rings. The van der Waals surface area contributed by atoms with Crippen molar-refractivity contribution in [1.29, 1.82) is 0 Å². The van der Waals surface area contributed by atoms with Gasteiger partial charge in [-0.25, -0.2) is 0 Å². The molecule has 0 bridgehead atoms. The first kappa shape index (κ1) is 12.8. The number of methoxy groups -OCH3 is 2. The molecule has 2 N–H and O–H groups in total. The van der Waals surface area contributed by atoms with Crippen molar-refractivity contribution >= 4 is 5.69 Å². The van der Waals surface area contributed by atoms with E-state index in [9.17, 15) is 0 Å². The zero-order valence-corrected chi connectivity index (χ0v) is 11.0. The summed E-state index contributed by atoms with van der Waals surface area (Å²) in [4.78, 5) is 2.29. The van der Waals surface area contributed by atoms with Crippen LogP contribution < -0.4 is 20.1 Å². The highest BCUT2D eigenvalue weighted by Gasteiger charge is 2.15. The third kappa shape index (κ3) is 2.59. The van der Waals surface area contributed by atoms with Crippen molar-refractivity contribution in [1.82, 2.24) is 0 Å². The molecular weight excluding hydrogens is 228 g/mol. The second-order valence-electron chi connectivity index (χ2n) is 4.30. The maximum absolute atomic E-state index is 5.65. The summed E-state index contributed by atoms with van der Waals surface area (Å²) in [6.45, 7) is 2.52. The second-order valence-corrected chi connectivity index (χ2v) is 4.30. The van der Waals surface area contributed by atoms with Gasteiger partial charge < -0.3 is 20.1 Å². The average molecular weight is 248 g/mol. The lowest BCUT2D eigenvalue weighted by atomic mass is 10.1. The van der Waals surface area contributed by atoms with Gasteiger partial charge in [0, 0.05) is 25.7 Å². The minimum atomic E-state index is 0.660. The number of nitrogens with two attached hydrogens (primary N) is 1. The molecule has 0 spiro atoms. The summed E-state index contributed by atoms with van der Waals surface area (Å²) >= 11 is 0. The van der Waals surface area contributed by atoms with Crippen LogP contribution in [0.15, 0.2) is 29.8 Å². The van der Waals surface area contributed by atoms with E-state index in [-0.39, 0.29) is 0 Å². The molecule has 18 heavy (non-hydrogen) atoms. The van der Waals surface area contributed by atoms with E-state index in [0.717, 1.165) is 36.7 Å². The van der Waals surface area contributed by atoms with Crippen LogP contribution in [-0.2, 0) is 0 Å². The van der Waals surface area contributed by atoms with E-state index in [1.54, 1.807) is 14.2 Å². The van der Waals surface area contributed by atoms with Gasteiger partial charge in [0.1, 0.15) is 11.5 Å². The third-order valence-electron chi connectivity index (χ3n) is 3.29. The summed E-state index contributed by atoms with van der Waals surface area (Å²) in [5.74, 6) is 1.66. The zero-order chi connectivity index (χ0) is 13.0. The quantitative estimate of drug-likeness (QED) is 0.825. The molecule has 0 fully saturated rings. The maximum atomic E-state index is 5.65. The lowest BCUT2D eigenvalue weighted by molar-refractivity contribution is 0.394. The summed E-state index contributed by atoms with van der Waals surface area (Å²) < 4.78 is 10.6. The van der Waals surface area contributed by atoms with Crippen molar-refractivity contribution in [3.05, 3.63) is 29.8 Å². The van der Waals surface area contributed by atoms with Gasteiger partial charge in [-0.15, -0.1) is 0 Å². The number of rotatable bonds is 4. The molecule has 0 amide bonds. The summed E-state index contributed by atoms with van der Waals surface area (Å²) in [5, 5.41) is 0. The van der Waals surface area contributed by atoms with Crippen molar-refractivity contribution in [2.45, 2.75) is 6.42 Å². The first-order valence-corrected chi connectivity index (χ1v) is 6.13. The number of hydrogen-bond acceptors (Lipinski definition) is 4. The molecule has 0 radical (unpaired) electrons. The molecule has 4 nitrogen and oxygen atoms in total. The van der Waals surface area contributed by atoms with Crippen molar-refractivity contribution in [3.63, 3.8) is 0 Å². The van der Waals surface area contributed by atoms with Crippen LogP contribution in [0.4, 0.5) is 5.69 Å². The van der Waals surface area contributed by atoms with Gasteiger partial charge >= 0.3 is 0 Å². The van der Waals surface area contributed by atoms with Gasteiger partial charge in [-0.2, -0.15) is 0 Å². The molecule has 1 aromatic carbocycles. The van der Waals surface area contributed by atoms with Gasteiger partial charge in [-0.1, -0.05) is 11.6 Å². The predicted molar refractivity (Wildman–Crippen MR) is 73.5 cm³/mol. The maximum Gasteiger partial charge on any atom is 0.145 e.